The number of rotatable bonds is 2. The van der Waals surface area contributed by atoms with Crippen LogP contribution >= 0.6 is 50.9 Å². The van der Waals surface area contributed by atoms with Crippen LogP contribution in [0.3, 0.4) is 0 Å². The highest BCUT2D eigenvalue weighted by Gasteiger charge is 1.99. The van der Waals surface area contributed by atoms with Crippen molar-refractivity contribution in [3.05, 3.63) is 27.7 Å². The van der Waals surface area contributed by atoms with Crippen LogP contribution in [0.25, 0.3) is 0 Å². The van der Waals surface area contributed by atoms with E-state index in [1.165, 1.54) is 0 Å². The lowest BCUT2D eigenvalue weighted by atomic mass is 10.4. The van der Waals surface area contributed by atoms with Crippen molar-refractivity contribution in [1.82, 2.24) is 0 Å². The zero-order valence-electron chi connectivity index (χ0n) is 5.48. The van der Waals surface area contributed by atoms with Crippen molar-refractivity contribution in [1.29, 1.82) is 0 Å². The molecule has 1 aromatic carbocycles. The summed E-state index contributed by atoms with van der Waals surface area (Å²) >= 11 is 16.3. The van der Waals surface area contributed by atoms with Gasteiger partial charge in [-0.25, -0.2) is 0 Å². The first-order valence-electron chi connectivity index (χ1n) is 2.88. The number of thioether (sulfide) groups is 1. The highest BCUT2D eigenvalue weighted by atomic mass is 79.9. The predicted molar refractivity (Wildman–Crippen MR) is 55.7 cm³/mol. The summed E-state index contributed by atoms with van der Waals surface area (Å²) in [4.78, 5) is 1.08. The summed E-state index contributed by atoms with van der Waals surface area (Å²) in [6.07, 6.45) is 0. The third-order valence-electron chi connectivity index (χ3n) is 1.10. The Labute approximate surface area is 88.4 Å². The Kier molecular flexibility index (Phi) is 4.07. The smallest absolute Gasteiger partial charge is 0.0727 e. The van der Waals surface area contributed by atoms with E-state index in [0.717, 1.165) is 14.4 Å². The van der Waals surface area contributed by atoms with E-state index in [0.29, 0.717) is 5.21 Å². The van der Waals surface area contributed by atoms with Crippen LogP contribution in [0.5, 0.6) is 0 Å². The van der Waals surface area contributed by atoms with Crippen molar-refractivity contribution in [2.24, 2.45) is 0 Å². The fraction of sp³-hybridized carbons (Fsp3) is 0.143. The van der Waals surface area contributed by atoms with E-state index in [2.05, 4.69) is 15.9 Å². The van der Waals surface area contributed by atoms with E-state index >= 15 is 0 Å². The van der Waals surface area contributed by atoms with E-state index in [4.69, 9.17) is 23.2 Å². The van der Waals surface area contributed by atoms with Gasteiger partial charge in [-0.1, -0.05) is 11.6 Å². The molecule has 0 aliphatic heterocycles. The topological polar surface area (TPSA) is 0 Å². The molecular formula is C7H5BrCl2S. The second kappa shape index (κ2) is 4.61. The van der Waals surface area contributed by atoms with Gasteiger partial charge in [0, 0.05) is 14.4 Å². The maximum Gasteiger partial charge on any atom is 0.0727 e. The summed E-state index contributed by atoms with van der Waals surface area (Å²) in [6.45, 7) is 0. The Bertz CT molecular complexity index is 252. The van der Waals surface area contributed by atoms with Crippen molar-refractivity contribution < 1.29 is 0 Å². The van der Waals surface area contributed by atoms with Gasteiger partial charge in [0.1, 0.15) is 0 Å². The molecule has 0 amide bonds. The van der Waals surface area contributed by atoms with Crippen LogP contribution in [0, 0.1) is 0 Å². The molecular weight excluding hydrogens is 267 g/mol. The van der Waals surface area contributed by atoms with E-state index in [9.17, 15) is 0 Å². The molecule has 0 aromatic heterocycles. The molecule has 0 nitrogen and oxygen atoms in total. The molecule has 0 unspecified atom stereocenters. The van der Waals surface area contributed by atoms with Gasteiger partial charge >= 0.3 is 0 Å². The molecule has 1 rings (SSSR count). The normalized spacial score (nSPS) is 10.1. The van der Waals surface area contributed by atoms with Crippen LogP contribution in [0.2, 0.25) is 5.02 Å². The minimum Gasteiger partial charge on any atom is -0.114 e. The molecule has 0 aliphatic carbocycles. The third-order valence-corrected chi connectivity index (χ3v) is 3.38. The second-order valence-electron chi connectivity index (χ2n) is 1.83. The number of alkyl halides is 1. The molecule has 0 atom stereocenters. The molecule has 0 saturated heterocycles. The summed E-state index contributed by atoms with van der Waals surface area (Å²) in [7, 11) is 0. The SMILES string of the molecule is ClCSc1cc(Cl)ccc1Br. The predicted octanol–water partition coefficient (Wildman–Crippen LogP) is 4.39. The van der Waals surface area contributed by atoms with Crippen LogP contribution in [-0.2, 0) is 0 Å². The van der Waals surface area contributed by atoms with E-state index in [1.54, 1.807) is 11.8 Å². The average Bonchev–Trinajstić information content (AvgIpc) is 1.98. The zero-order valence-corrected chi connectivity index (χ0v) is 9.40. The largest absolute Gasteiger partial charge is 0.114 e. The van der Waals surface area contributed by atoms with Gasteiger partial charge in [-0.2, -0.15) is 0 Å². The first kappa shape index (κ1) is 9.72. The maximum atomic E-state index is 5.78. The average molecular weight is 272 g/mol. The van der Waals surface area contributed by atoms with E-state index < -0.39 is 0 Å². The Morgan fingerprint density at radius 3 is 2.82 bits per heavy atom. The molecule has 0 fully saturated rings. The lowest BCUT2D eigenvalue weighted by Gasteiger charge is -2.00. The minimum absolute atomic E-state index is 0.541. The van der Waals surface area contributed by atoms with Gasteiger partial charge in [0.05, 0.1) is 5.21 Å². The van der Waals surface area contributed by atoms with Crippen molar-refractivity contribution in [2.45, 2.75) is 4.90 Å². The molecule has 1 aromatic rings. The Hall–Kier alpha value is 0.630. The number of halogens is 3. The lowest BCUT2D eigenvalue weighted by Crippen LogP contribution is -1.74. The molecule has 60 valence electrons. The second-order valence-corrected chi connectivity index (χ2v) is 4.72. The minimum atomic E-state index is 0.541. The van der Waals surface area contributed by atoms with Crippen molar-refractivity contribution in [2.75, 3.05) is 5.21 Å². The fourth-order valence-electron chi connectivity index (χ4n) is 0.647. The molecule has 4 heteroatoms. The van der Waals surface area contributed by atoms with Gasteiger partial charge in [0.25, 0.3) is 0 Å². The van der Waals surface area contributed by atoms with E-state index in [1.807, 2.05) is 18.2 Å². The zero-order chi connectivity index (χ0) is 8.27. The van der Waals surface area contributed by atoms with Gasteiger partial charge in [-0.05, 0) is 34.1 Å². The molecule has 0 aliphatic rings. The molecule has 0 heterocycles. The highest BCUT2D eigenvalue weighted by molar-refractivity contribution is 9.10. The summed E-state index contributed by atoms with van der Waals surface area (Å²) < 4.78 is 1.03. The third kappa shape index (κ3) is 2.86. The van der Waals surface area contributed by atoms with Crippen molar-refractivity contribution in [3.8, 4) is 0 Å². The lowest BCUT2D eigenvalue weighted by molar-refractivity contribution is 1.41. The first-order valence-corrected chi connectivity index (χ1v) is 5.57. The summed E-state index contributed by atoms with van der Waals surface area (Å²) in [5.41, 5.74) is 0. The number of hydrogen-bond acceptors (Lipinski definition) is 1. The van der Waals surface area contributed by atoms with Crippen LogP contribution in [0.4, 0.5) is 0 Å². The summed E-state index contributed by atoms with van der Waals surface area (Å²) in [5.74, 6) is 0. The van der Waals surface area contributed by atoms with Crippen molar-refractivity contribution in [3.63, 3.8) is 0 Å². The molecule has 11 heavy (non-hydrogen) atoms. The molecule has 0 N–H and O–H groups in total. The Morgan fingerprint density at radius 2 is 2.18 bits per heavy atom. The van der Waals surface area contributed by atoms with Crippen LogP contribution in [0.1, 0.15) is 0 Å². The standard InChI is InChI=1S/C7H5BrCl2S/c8-6-2-1-5(10)3-7(6)11-4-9/h1-3H,4H2. The van der Waals surface area contributed by atoms with Gasteiger partial charge in [-0.15, -0.1) is 23.4 Å². The van der Waals surface area contributed by atoms with Crippen LogP contribution in [0.15, 0.2) is 27.6 Å². The first-order chi connectivity index (χ1) is 5.24. The molecule has 0 spiro atoms. The van der Waals surface area contributed by atoms with E-state index in [-0.39, 0.29) is 0 Å². The van der Waals surface area contributed by atoms with Crippen molar-refractivity contribution >= 4 is 50.9 Å². The summed E-state index contributed by atoms with van der Waals surface area (Å²) in [6, 6.07) is 5.64. The van der Waals surface area contributed by atoms with Crippen LogP contribution < -0.4 is 0 Å². The number of benzene rings is 1. The van der Waals surface area contributed by atoms with Gasteiger partial charge in [0.15, 0.2) is 0 Å². The monoisotopic (exact) mass is 270 g/mol. The molecule has 0 bridgehead atoms. The highest BCUT2D eigenvalue weighted by Crippen LogP contribution is 2.30. The molecule has 0 saturated carbocycles. The maximum absolute atomic E-state index is 5.78. The molecule has 0 radical (unpaired) electrons. The fourth-order valence-corrected chi connectivity index (χ4v) is 2.36. The van der Waals surface area contributed by atoms with Gasteiger partial charge < -0.3 is 0 Å². The number of hydrogen-bond donors (Lipinski definition) is 0. The Morgan fingerprint density at radius 1 is 1.45 bits per heavy atom. The van der Waals surface area contributed by atoms with Gasteiger partial charge in [-0.3, -0.25) is 0 Å². The quantitative estimate of drug-likeness (QED) is 0.568. The Balaban J connectivity index is 2.93. The van der Waals surface area contributed by atoms with Gasteiger partial charge in [0.2, 0.25) is 0 Å². The summed E-state index contributed by atoms with van der Waals surface area (Å²) in [5, 5.41) is 1.28. The van der Waals surface area contributed by atoms with Crippen LogP contribution in [-0.4, -0.2) is 5.21 Å².